The predicted octanol–water partition coefficient (Wildman–Crippen LogP) is 4.27. The molecule has 6 rings (SSSR count). The van der Waals surface area contributed by atoms with Gasteiger partial charge in [0.25, 0.3) is 5.56 Å². The molecule has 0 spiro atoms. The number of pyridine rings is 2. The zero-order chi connectivity index (χ0) is 26.4. The molecular formula is C28H30N6O4. The molecule has 0 aliphatic heterocycles. The van der Waals surface area contributed by atoms with E-state index in [4.69, 9.17) is 9.72 Å². The summed E-state index contributed by atoms with van der Waals surface area (Å²) in [7, 11) is 1.89. The van der Waals surface area contributed by atoms with Crippen LogP contribution in [0.4, 0.5) is 17.5 Å². The number of ether oxygens (including phenoxy) is 1. The first-order valence-electron chi connectivity index (χ1n) is 12.9. The first-order chi connectivity index (χ1) is 18.3. The average Bonchev–Trinajstić information content (AvgIpc) is 3.69. The van der Waals surface area contributed by atoms with Crippen molar-refractivity contribution in [3.8, 4) is 11.5 Å². The first-order valence-corrected chi connectivity index (χ1v) is 12.9. The lowest BCUT2D eigenvalue weighted by molar-refractivity contribution is -0.114. The lowest BCUT2D eigenvalue weighted by Gasteiger charge is -2.32. The second-order valence-corrected chi connectivity index (χ2v) is 10.3. The van der Waals surface area contributed by atoms with Gasteiger partial charge in [-0.2, -0.15) is 0 Å². The van der Waals surface area contributed by atoms with Crippen molar-refractivity contribution >= 4 is 34.4 Å². The van der Waals surface area contributed by atoms with Gasteiger partial charge in [-0.25, -0.2) is 9.97 Å². The Morgan fingerprint density at radius 2 is 1.95 bits per heavy atom. The molecule has 0 saturated heterocycles. The second kappa shape index (κ2) is 9.60. The topological polar surface area (TPSA) is 123 Å². The Bertz CT molecular complexity index is 1590. The van der Waals surface area contributed by atoms with Crippen LogP contribution >= 0.6 is 0 Å². The van der Waals surface area contributed by atoms with E-state index in [1.54, 1.807) is 22.9 Å². The highest BCUT2D eigenvalue weighted by Gasteiger charge is 2.31. The minimum atomic E-state index is -0.330. The normalized spacial score (nSPS) is 18.7. The molecule has 2 aliphatic carbocycles. The third-order valence-electron chi connectivity index (χ3n) is 7.33. The van der Waals surface area contributed by atoms with Crippen molar-refractivity contribution < 1.29 is 14.6 Å². The van der Waals surface area contributed by atoms with Crippen LogP contribution in [0.15, 0.2) is 53.6 Å². The quantitative estimate of drug-likeness (QED) is 0.321. The summed E-state index contributed by atoms with van der Waals surface area (Å²) in [6, 6.07) is 10.9. The predicted molar refractivity (Wildman–Crippen MR) is 144 cm³/mol. The minimum absolute atomic E-state index is 0.114. The maximum atomic E-state index is 13.4. The number of imidazole rings is 1. The molecule has 0 radical (unpaired) electrons. The molecule has 10 nitrogen and oxygen atoms in total. The Balaban J connectivity index is 1.27. The molecule has 3 aromatic heterocycles. The third-order valence-corrected chi connectivity index (χ3v) is 7.33. The number of carbonyl (C=O) groups excluding carboxylic acids is 1. The van der Waals surface area contributed by atoms with E-state index >= 15 is 0 Å². The van der Waals surface area contributed by atoms with Gasteiger partial charge in [-0.3, -0.25) is 9.59 Å². The average molecular weight is 515 g/mol. The first kappa shape index (κ1) is 24.2. The van der Waals surface area contributed by atoms with Crippen molar-refractivity contribution in [2.75, 3.05) is 10.6 Å². The van der Waals surface area contributed by atoms with Crippen molar-refractivity contribution in [2.45, 2.75) is 51.2 Å². The van der Waals surface area contributed by atoms with E-state index in [-0.39, 0.29) is 23.5 Å². The molecule has 196 valence electrons. The van der Waals surface area contributed by atoms with E-state index < -0.39 is 0 Å². The van der Waals surface area contributed by atoms with Gasteiger partial charge in [-0.05, 0) is 61.4 Å². The molecule has 38 heavy (non-hydrogen) atoms. The fourth-order valence-corrected chi connectivity index (χ4v) is 4.87. The van der Waals surface area contributed by atoms with Crippen LogP contribution in [0.25, 0.3) is 11.0 Å². The van der Waals surface area contributed by atoms with Gasteiger partial charge in [0.05, 0.1) is 17.1 Å². The molecule has 3 heterocycles. The van der Waals surface area contributed by atoms with E-state index in [9.17, 15) is 14.7 Å². The van der Waals surface area contributed by atoms with Crippen LogP contribution < -0.4 is 20.9 Å². The number of rotatable bonds is 8. The van der Waals surface area contributed by atoms with Crippen LogP contribution in [0.2, 0.25) is 0 Å². The highest BCUT2D eigenvalue weighted by Crippen LogP contribution is 2.41. The van der Waals surface area contributed by atoms with Crippen LogP contribution in [0, 0.1) is 5.92 Å². The largest absolute Gasteiger partial charge is 0.457 e. The van der Waals surface area contributed by atoms with Crippen LogP contribution in [0.5, 0.6) is 11.5 Å². The van der Waals surface area contributed by atoms with Gasteiger partial charge in [-0.15, -0.1) is 0 Å². The van der Waals surface area contributed by atoms with Gasteiger partial charge < -0.3 is 29.6 Å². The zero-order valence-electron chi connectivity index (χ0n) is 21.3. The summed E-state index contributed by atoms with van der Waals surface area (Å²) in [6.45, 7) is 1.95. The minimum Gasteiger partial charge on any atom is -0.457 e. The van der Waals surface area contributed by atoms with Gasteiger partial charge in [0, 0.05) is 51.0 Å². The van der Waals surface area contributed by atoms with Crippen LogP contribution in [-0.4, -0.2) is 36.2 Å². The molecule has 10 heteroatoms. The zero-order valence-corrected chi connectivity index (χ0v) is 21.3. The standard InChI is InChI=1S/C28H30N6O4/c1-16(35)30-26-13-21(9-10-29-26)38-20-6-7-22-24(12-20)33(2)28(31-22)32-23-11-19(17-3-4-17)15-34(27(23)37)14-18-5-8-25(18)36/h6-7,9-13,15,17-18,25,36H,3-5,8,14H2,1-2H3,(H,31,32)(H,29,30,35)/t18?,25-/m1/s1. The van der Waals surface area contributed by atoms with Gasteiger partial charge in [0.1, 0.15) is 23.0 Å². The summed E-state index contributed by atoms with van der Waals surface area (Å²) >= 11 is 0. The number of benzene rings is 1. The van der Waals surface area contributed by atoms with E-state index in [1.165, 1.54) is 6.92 Å². The molecule has 3 N–H and O–H groups in total. The maximum Gasteiger partial charge on any atom is 0.274 e. The number of aliphatic hydroxyl groups excluding tert-OH is 1. The number of aromatic nitrogens is 4. The van der Waals surface area contributed by atoms with Gasteiger partial charge >= 0.3 is 0 Å². The Labute approximate surface area is 219 Å². The number of hydrogen-bond donors (Lipinski definition) is 3. The molecule has 1 unspecified atom stereocenters. The van der Waals surface area contributed by atoms with E-state index in [0.717, 1.165) is 42.3 Å². The van der Waals surface area contributed by atoms with E-state index in [2.05, 4.69) is 15.6 Å². The number of nitrogens with zero attached hydrogens (tertiary/aromatic N) is 4. The summed E-state index contributed by atoms with van der Waals surface area (Å²) < 4.78 is 9.65. The van der Waals surface area contributed by atoms with Crippen molar-refractivity contribution in [3.63, 3.8) is 0 Å². The summed E-state index contributed by atoms with van der Waals surface area (Å²) in [5.41, 5.74) is 3.11. The van der Waals surface area contributed by atoms with Crippen LogP contribution in [0.1, 0.15) is 44.1 Å². The Morgan fingerprint density at radius 3 is 2.66 bits per heavy atom. The molecule has 1 amide bonds. The number of amides is 1. The van der Waals surface area contributed by atoms with Gasteiger partial charge in [-0.1, -0.05) is 0 Å². The number of anilines is 3. The Kier molecular flexibility index (Phi) is 6.11. The lowest BCUT2D eigenvalue weighted by atomic mass is 9.82. The van der Waals surface area contributed by atoms with Crippen LogP contribution in [-0.2, 0) is 18.4 Å². The fraction of sp³-hybridized carbons (Fsp3) is 0.357. The molecule has 0 bridgehead atoms. The molecule has 2 atom stereocenters. The number of aryl methyl sites for hydroxylation is 1. The Morgan fingerprint density at radius 1 is 1.13 bits per heavy atom. The number of fused-ring (bicyclic) bond motifs is 1. The molecule has 4 aromatic rings. The highest BCUT2D eigenvalue weighted by molar-refractivity contribution is 5.87. The lowest BCUT2D eigenvalue weighted by Crippen LogP contribution is -2.37. The van der Waals surface area contributed by atoms with Crippen LogP contribution in [0.3, 0.4) is 0 Å². The summed E-state index contributed by atoms with van der Waals surface area (Å²) in [5, 5.41) is 16.0. The van der Waals surface area contributed by atoms with E-state index in [0.29, 0.717) is 41.4 Å². The summed E-state index contributed by atoms with van der Waals surface area (Å²) in [4.78, 5) is 33.5. The van der Waals surface area contributed by atoms with Gasteiger partial charge in [0.15, 0.2) is 0 Å². The molecule has 1 aromatic carbocycles. The summed E-state index contributed by atoms with van der Waals surface area (Å²) in [6.07, 6.45) is 7.20. The highest BCUT2D eigenvalue weighted by atomic mass is 16.5. The maximum absolute atomic E-state index is 13.4. The molecular weight excluding hydrogens is 484 g/mol. The third kappa shape index (κ3) is 4.87. The van der Waals surface area contributed by atoms with Gasteiger partial charge in [0.2, 0.25) is 11.9 Å². The number of aliphatic hydroxyl groups is 1. The molecule has 2 saturated carbocycles. The van der Waals surface area contributed by atoms with Crippen molar-refractivity contribution in [3.05, 3.63) is 64.7 Å². The van der Waals surface area contributed by atoms with Crippen molar-refractivity contribution in [2.24, 2.45) is 13.0 Å². The second-order valence-electron chi connectivity index (χ2n) is 10.3. The Hall–Kier alpha value is -4.18. The fourth-order valence-electron chi connectivity index (χ4n) is 4.87. The monoisotopic (exact) mass is 514 g/mol. The smallest absolute Gasteiger partial charge is 0.274 e. The van der Waals surface area contributed by atoms with Crippen molar-refractivity contribution in [1.82, 2.24) is 19.1 Å². The molecule has 2 fully saturated rings. The number of nitrogens with one attached hydrogen (secondary N) is 2. The van der Waals surface area contributed by atoms with E-state index in [1.807, 2.05) is 42.1 Å². The molecule has 2 aliphatic rings. The number of carbonyl (C=O) groups is 1. The number of hydrogen-bond acceptors (Lipinski definition) is 7. The SMILES string of the molecule is CC(=O)Nc1cc(Oc2ccc3nc(Nc4cc(C5CC5)cn(CC5CC[C@H]5O)c4=O)n(C)c3c2)ccn1. The van der Waals surface area contributed by atoms with Crippen molar-refractivity contribution in [1.29, 1.82) is 0 Å². The summed E-state index contributed by atoms with van der Waals surface area (Å²) in [5.74, 6) is 2.50.